The molecule has 0 aromatic heterocycles. The highest BCUT2D eigenvalue weighted by Crippen LogP contribution is 2.33. The Bertz CT molecular complexity index is 194. The van der Waals surface area contributed by atoms with Gasteiger partial charge in [0.25, 0.3) is 0 Å². The van der Waals surface area contributed by atoms with Gasteiger partial charge >= 0.3 is 0 Å². The first kappa shape index (κ1) is 13.6. The predicted molar refractivity (Wildman–Crippen MR) is 57.8 cm³/mol. The maximum absolute atomic E-state index is 12.4. The van der Waals surface area contributed by atoms with E-state index in [1.54, 1.807) is 0 Å². The van der Waals surface area contributed by atoms with Crippen LogP contribution in [0.2, 0.25) is 0 Å². The third-order valence-corrected chi connectivity index (χ3v) is 2.64. The number of nitrogens with zero attached hydrogens (tertiary/aromatic N) is 1. The van der Waals surface area contributed by atoms with Gasteiger partial charge in [0.15, 0.2) is 0 Å². The highest BCUT2D eigenvalue weighted by molar-refractivity contribution is 5.15. The standard InChI is InChI=1S/C9H16FNO.C2H6/c1-9(7-12)6-11(2)4-3-8(9)5-10;1-2/h5,12H,3-4,6-7H2,1-2H3;1-2H3/b8-5+;/t9-;/m0./s1. The van der Waals surface area contributed by atoms with Crippen molar-refractivity contribution in [3.05, 3.63) is 11.9 Å². The predicted octanol–water partition coefficient (Wildman–Crippen LogP) is 2.20. The smallest absolute Gasteiger partial charge is 0.0866 e. The van der Waals surface area contributed by atoms with Crippen molar-refractivity contribution < 1.29 is 9.50 Å². The first-order valence-electron chi connectivity index (χ1n) is 5.21. The number of likely N-dealkylation sites (tertiary alicyclic amines) is 1. The van der Waals surface area contributed by atoms with Gasteiger partial charge in [0.2, 0.25) is 0 Å². The average molecular weight is 203 g/mol. The molecule has 3 heteroatoms. The van der Waals surface area contributed by atoms with Gasteiger partial charge in [0.05, 0.1) is 12.9 Å². The zero-order valence-electron chi connectivity index (χ0n) is 9.68. The molecule has 84 valence electrons. The SMILES string of the molecule is CC.CN1CC/C(=C\F)[C@](C)(CO)C1. The van der Waals surface area contributed by atoms with Crippen LogP contribution >= 0.6 is 0 Å². The lowest BCUT2D eigenvalue weighted by Crippen LogP contribution is -2.43. The van der Waals surface area contributed by atoms with Gasteiger partial charge in [-0.3, -0.25) is 0 Å². The van der Waals surface area contributed by atoms with Crippen molar-refractivity contribution in [3.8, 4) is 0 Å². The summed E-state index contributed by atoms with van der Waals surface area (Å²) in [4.78, 5) is 2.11. The summed E-state index contributed by atoms with van der Waals surface area (Å²) >= 11 is 0. The molecule has 1 rings (SSSR count). The summed E-state index contributed by atoms with van der Waals surface area (Å²) in [6, 6.07) is 0. The van der Waals surface area contributed by atoms with Crippen molar-refractivity contribution in [3.63, 3.8) is 0 Å². The lowest BCUT2D eigenvalue weighted by Gasteiger charge is -2.39. The molecule has 1 heterocycles. The Labute approximate surface area is 86.4 Å². The molecule has 1 N–H and O–H groups in total. The van der Waals surface area contributed by atoms with Crippen LogP contribution in [-0.2, 0) is 0 Å². The second kappa shape index (κ2) is 6.14. The normalized spacial score (nSPS) is 31.1. The zero-order chi connectivity index (χ0) is 11.2. The Kier molecular flexibility index (Phi) is 5.96. The minimum atomic E-state index is -0.373. The lowest BCUT2D eigenvalue weighted by molar-refractivity contribution is 0.102. The molecule has 0 aliphatic carbocycles. The van der Waals surface area contributed by atoms with Gasteiger partial charge < -0.3 is 10.0 Å². The summed E-state index contributed by atoms with van der Waals surface area (Å²) in [6.45, 7) is 7.53. The van der Waals surface area contributed by atoms with Crippen molar-refractivity contribution in [1.82, 2.24) is 4.90 Å². The molecule has 0 amide bonds. The number of rotatable bonds is 1. The molecule has 0 aromatic rings. The summed E-state index contributed by atoms with van der Waals surface area (Å²) in [6.07, 6.45) is 1.38. The molecule has 0 unspecified atom stereocenters. The van der Waals surface area contributed by atoms with E-state index in [1.165, 1.54) is 0 Å². The molecule has 0 radical (unpaired) electrons. The van der Waals surface area contributed by atoms with Crippen LogP contribution in [-0.4, -0.2) is 36.8 Å². The van der Waals surface area contributed by atoms with Crippen molar-refractivity contribution in [2.24, 2.45) is 5.41 Å². The van der Waals surface area contributed by atoms with Gasteiger partial charge in [-0.25, -0.2) is 4.39 Å². The minimum Gasteiger partial charge on any atom is -0.395 e. The molecule has 1 aliphatic rings. The largest absolute Gasteiger partial charge is 0.395 e. The number of aliphatic hydroxyl groups excluding tert-OH is 1. The van der Waals surface area contributed by atoms with E-state index in [0.717, 1.165) is 25.1 Å². The van der Waals surface area contributed by atoms with Crippen LogP contribution in [0.1, 0.15) is 27.2 Å². The molecule has 1 aliphatic heterocycles. The Hall–Kier alpha value is -0.410. The van der Waals surface area contributed by atoms with Gasteiger partial charge in [-0.15, -0.1) is 0 Å². The van der Waals surface area contributed by atoms with E-state index in [0.29, 0.717) is 6.33 Å². The van der Waals surface area contributed by atoms with E-state index in [1.807, 2.05) is 27.8 Å². The molecule has 1 saturated heterocycles. The number of halogens is 1. The molecular formula is C11H22FNO. The van der Waals surface area contributed by atoms with Crippen LogP contribution in [0.25, 0.3) is 0 Å². The van der Waals surface area contributed by atoms with E-state index in [4.69, 9.17) is 5.11 Å². The molecule has 0 aromatic carbocycles. The second-order valence-electron chi connectivity index (χ2n) is 3.84. The fraction of sp³-hybridized carbons (Fsp3) is 0.818. The third-order valence-electron chi connectivity index (χ3n) is 2.64. The topological polar surface area (TPSA) is 23.5 Å². The van der Waals surface area contributed by atoms with Gasteiger partial charge in [-0.2, -0.15) is 0 Å². The number of aliphatic hydroxyl groups is 1. The van der Waals surface area contributed by atoms with Crippen LogP contribution in [0.5, 0.6) is 0 Å². The number of hydrogen-bond donors (Lipinski definition) is 1. The highest BCUT2D eigenvalue weighted by atomic mass is 19.1. The maximum atomic E-state index is 12.4. The first-order valence-corrected chi connectivity index (χ1v) is 5.21. The summed E-state index contributed by atoms with van der Waals surface area (Å²) in [5.74, 6) is 0. The van der Waals surface area contributed by atoms with Gasteiger partial charge in [0.1, 0.15) is 0 Å². The Balaban J connectivity index is 0.000000791. The van der Waals surface area contributed by atoms with Crippen LogP contribution in [0.15, 0.2) is 11.9 Å². The van der Waals surface area contributed by atoms with Gasteiger partial charge in [-0.1, -0.05) is 20.8 Å². The zero-order valence-corrected chi connectivity index (χ0v) is 9.68. The van der Waals surface area contributed by atoms with E-state index in [9.17, 15) is 4.39 Å². The van der Waals surface area contributed by atoms with E-state index < -0.39 is 0 Å². The van der Waals surface area contributed by atoms with Crippen LogP contribution in [0.3, 0.4) is 0 Å². The van der Waals surface area contributed by atoms with Gasteiger partial charge in [-0.05, 0) is 19.0 Å². The Morgan fingerprint density at radius 2 is 2.14 bits per heavy atom. The monoisotopic (exact) mass is 203 g/mol. The summed E-state index contributed by atoms with van der Waals surface area (Å²) in [5, 5.41) is 9.14. The quantitative estimate of drug-likeness (QED) is 0.706. The highest BCUT2D eigenvalue weighted by Gasteiger charge is 2.33. The molecule has 1 fully saturated rings. The molecular weight excluding hydrogens is 181 g/mol. The minimum absolute atomic E-state index is 0.0209. The van der Waals surface area contributed by atoms with Crippen molar-refractivity contribution in [1.29, 1.82) is 0 Å². The number of piperidine rings is 1. The van der Waals surface area contributed by atoms with Crippen LogP contribution < -0.4 is 0 Å². The summed E-state index contributed by atoms with van der Waals surface area (Å²) < 4.78 is 12.4. The molecule has 0 saturated carbocycles. The maximum Gasteiger partial charge on any atom is 0.0866 e. The van der Waals surface area contributed by atoms with E-state index in [2.05, 4.69) is 4.90 Å². The first-order chi connectivity index (χ1) is 6.62. The lowest BCUT2D eigenvalue weighted by atomic mass is 9.79. The van der Waals surface area contributed by atoms with Crippen molar-refractivity contribution in [2.75, 3.05) is 26.7 Å². The average Bonchev–Trinajstić information content (AvgIpc) is 2.21. The molecule has 14 heavy (non-hydrogen) atoms. The van der Waals surface area contributed by atoms with Crippen molar-refractivity contribution in [2.45, 2.75) is 27.2 Å². The second-order valence-corrected chi connectivity index (χ2v) is 3.84. The third kappa shape index (κ3) is 3.07. The van der Waals surface area contributed by atoms with Crippen molar-refractivity contribution >= 4 is 0 Å². The van der Waals surface area contributed by atoms with E-state index >= 15 is 0 Å². The summed E-state index contributed by atoms with van der Waals surface area (Å²) in [7, 11) is 1.99. The fourth-order valence-corrected chi connectivity index (χ4v) is 1.73. The van der Waals surface area contributed by atoms with Crippen LogP contribution in [0, 0.1) is 5.41 Å². The van der Waals surface area contributed by atoms with Crippen LogP contribution in [0.4, 0.5) is 4.39 Å². The summed E-state index contributed by atoms with van der Waals surface area (Å²) in [5.41, 5.74) is 0.366. The molecule has 0 bridgehead atoms. The Morgan fingerprint density at radius 3 is 2.57 bits per heavy atom. The van der Waals surface area contributed by atoms with Gasteiger partial charge in [0, 0.05) is 18.5 Å². The number of hydrogen-bond acceptors (Lipinski definition) is 2. The Morgan fingerprint density at radius 1 is 1.57 bits per heavy atom. The molecule has 2 nitrogen and oxygen atoms in total. The molecule has 1 atom stereocenters. The fourth-order valence-electron chi connectivity index (χ4n) is 1.73. The van der Waals surface area contributed by atoms with E-state index in [-0.39, 0.29) is 12.0 Å². The molecule has 0 spiro atoms.